The van der Waals surface area contributed by atoms with Crippen molar-refractivity contribution in [3.05, 3.63) is 23.0 Å². The second-order valence-corrected chi connectivity index (χ2v) is 7.53. The Hall–Kier alpha value is -1.82. The minimum atomic E-state index is 0.119. The standard InChI is InChI=1S/C20H32N4O2/c1-5-22(6-2)20(26)23-11-9-21(10-12-23)14-19(25)18-13-15(3)24(16(18)4)17-7-8-17/h13,17H,5-12,14H2,1-4H3. The number of aromatic nitrogens is 1. The van der Waals surface area contributed by atoms with Gasteiger partial charge < -0.3 is 14.4 Å². The molecule has 2 amide bonds. The fourth-order valence-corrected chi connectivity index (χ4v) is 4.03. The van der Waals surface area contributed by atoms with Crippen LogP contribution in [0.5, 0.6) is 0 Å². The number of hydrogen-bond acceptors (Lipinski definition) is 3. The quantitative estimate of drug-likeness (QED) is 0.733. The first-order valence-electron chi connectivity index (χ1n) is 9.94. The number of carbonyl (C=O) groups excluding carboxylic acids is 2. The van der Waals surface area contributed by atoms with Gasteiger partial charge in [0.25, 0.3) is 0 Å². The Bertz CT molecular complexity index is 666. The third-order valence-corrected chi connectivity index (χ3v) is 5.74. The van der Waals surface area contributed by atoms with E-state index in [1.165, 1.54) is 18.5 Å². The molecule has 2 aliphatic rings. The van der Waals surface area contributed by atoms with Gasteiger partial charge in [0.15, 0.2) is 5.78 Å². The van der Waals surface area contributed by atoms with Crippen LogP contribution in [-0.4, -0.2) is 76.9 Å². The molecule has 0 unspecified atom stereocenters. The number of carbonyl (C=O) groups is 2. The minimum Gasteiger partial charge on any atom is -0.345 e. The summed E-state index contributed by atoms with van der Waals surface area (Å²) in [5, 5.41) is 0. The molecule has 0 spiro atoms. The molecule has 1 saturated heterocycles. The first kappa shape index (κ1) is 19.0. The van der Waals surface area contributed by atoms with Crippen molar-refractivity contribution in [2.24, 2.45) is 0 Å². The van der Waals surface area contributed by atoms with Crippen molar-refractivity contribution < 1.29 is 9.59 Å². The molecule has 26 heavy (non-hydrogen) atoms. The molecular weight excluding hydrogens is 328 g/mol. The van der Waals surface area contributed by atoms with Gasteiger partial charge in [-0.05, 0) is 46.6 Å². The first-order valence-corrected chi connectivity index (χ1v) is 9.94. The Morgan fingerprint density at radius 1 is 1.08 bits per heavy atom. The van der Waals surface area contributed by atoms with Crippen molar-refractivity contribution in [1.82, 2.24) is 19.3 Å². The maximum absolute atomic E-state index is 12.8. The molecule has 3 rings (SSSR count). The summed E-state index contributed by atoms with van der Waals surface area (Å²) in [6.07, 6.45) is 2.46. The lowest BCUT2D eigenvalue weighted by atomic mass is 10.1. The van der Waals surface area contributed by atoms with Gasteiger partial charge in [0, 0.05) is 62.3 Å². The van der Waals surface area contributed by atoms with Gasteiger partial charge in [0.1, 0.15) is 0 Å². The van der Waals surface area contributed by atoms with Crippen LogP contribution in [0.15, 0.2) is 6.07 Å². The van der Waals surface area contributed by atoms with Gasteiger partial charge in [0.05, 0.1) is 6.54 Å². The highest BCUT2D eigenvalue weighted by atomic mass is 16.2. The van der Waals surface area contributed by atoms with Gasteiger partial charge in [-0.1, -0.05) is 0 Å². The Kier molecular flexibility index (Phi) is 5.70. The summed E-state index contributed by atoms with van der Waals surface area (Å²) in [5.74, 6) is 0.202. The van der Waals surface area contributed by atoms with Crippen LogP contribution in [0.25, 0.3) is 0 Å². The van der Waals surface area contributed by atoms with Crippen LogP contribution < -0.4 is 0 Å². The summed E-state index contributed by atoms with van der Waals surface area (Å²) in [6.45, 7) is 13.0. The molecule has 144 valence electrons. The number of urea groups is 1. The summed E-state index contributed by atoms with van der Waals surface area (Å²) in [7, 11) is 0. The number of piperazine rings is 1. The molecule has 1 aliphatic heterocycles. The Balaban J connectivity index is 1.56. The average molecular weight is 361 g/mol. The average Bonchev–Trinajstić information content (AvgIpc) is 3.41. The summed E-state index contributed by atoms with van der Waals surface area (Å²) in [5.41, 5.74) is 3.18. The second-order valence-electron chi connectivity index (χ2n) is 7.53. The van der Waals surface area contributed by atoms with Crippen LogP contribution in [0.3, 0.4) is 0 Å². The van der Waals surface area contributed by atoms with E-state index in [9.17, 15) is 9.59 Å². The van der Waals surface area contributed by atoms with Crippen molar-refractivity contribution >= 4 is 11.8 Å². The van der Waals surface area contributed by atoms with E-state index in [0.717, 1.165) is 37.4 Å². The summed E-state index contributed by atoms with van der Waals surface area (Å²) >= 11 is 0. The lowest BCUT2D eigenvalue weighted by Gasteiger charge is -2.36. The molecule has 0 radical (unpaired) electrons. The Morgan fingerprint density at radius 2 is 1.69 bits per heavy atom. The van der Waals surface area contributed by atoms with E-state index < -0.39 is 0 Å². The predicted octanol–water partition coefficient (Wildman–Crippen LogP) is 2.70. The first-order chi connectivity index (χ1) is 12.5. The normalized spacial score (nSPS) is 18.2. The van der Waals surface area contributed by atoms with E-state index in [4.69, 9.17) is 0 Å². The molecule has 1 aromatic rings. The van der Waals surface area contributed by atoms with Crippen molar-refractivity contribution in [2.75, 3.05) is 45.8 Å². The number of amides is 2. The van der Waals surface area contributed by atoms with Gasteiger partial charge in [-0.3, -0.25) is 9.69 Å². The van der Waals surface area contributed by atoms with Crippen LogP contribution in [0.2, 0.25) is 0 Å². The molecule has 2 heterocycles. The fraction of sp³-hybridized carbons (Fsp3) is 0.700. The van der Waals surface area contributed by atoms with Crippen LogP contribution in [0, 0.1) is 13.8 Å². The van der Waals surface area contributed by atoms with Gasteiger partial charge >= 0.3 is 6.03 Å². The topological polar surface area (TPSA) is 48.8 Å². The van der Waals surface area contributed by atoms with Crippen molar-refractivity contribution in [3.8, 4) is 0 Å². The third kappa shape index (κ3) is 3.80. The monoisotopic (exact) mass is 360 g/mol. The molecule has 1 aromatic heterocycles. The molecule has 0 bridgehead atoms. The molecule has 0 aromatic carbocycles. The number of rotatable bonds is 6. The zero-order valence-corrected chi connectivity index (χ0v) is 16.6. The molecule has 1 saturated carbocycles. The summed E-state index contributed by atoms with van der Waals surface area (Å²) < 4.78 is 2.33. The zero-order valence-electron chi connectivity index (χ0n) is 16.6. The van der Waals surface area contributed by atoms with Crippen LogP contribution in [0.4, 0.5) is 4.79 Å². The van der Waals surface area contributed by atoms with Crippen molar-refractivity contribution in [3.63, 3.8) is 0 Å². The van der Waals surface area contributed by atoms with E-state index >= 15 is 0 Å². The lowest BCUT2D eigenvalue weighted by molar-refractivity contribution is 0.0853. The van der Waals surface area contributed by atoms with Crippen LogP contribution >= 0.6 is 0 Å². The molecule has 2 fully saturated rings. The number of aryl methyl sites for hydroxylation is 1. The number of hydrogen-bond donors (Lipinski definition) is 0. The molecule has 6 heteroatoms. The highest BCUT2D eigenvalue weighted by Gasteiger charge is 2.29. The highest BCUT2D eigenvalue weighted by molar-refractivity contribution is 5.99. The smallest absolute Gasteiger partial charge is 0.320 e. The van der Waals surface area contributed by atoms with E-state index in [1.807, 2.05) is 23.6 Å². The van der Waals surface area contributed by atoms with Crippen molar-refractivity contribution in [2.45, 2.75) is 46.6 Å². The SMILES string of the molecule is CCN(CC)C(=O)N1CCN(CC(=O)c2cc(C)n(C3CC3)c2C)CC1. The van der Waals surface area contributed by atoms with Gasteiger partial charge in [0.2, 0.25) is 0 Å². The van der Waals surface area contributed by atoms with E-state index in [-0.39, 0.29) is 11.8 Å². The zero-order chi connectivity index (χ0) is 18.8. The summed E-state index contributed by atoms with van der Waals surface area (Å²) in [4.78, 5) is 31.2. The predicted molar refractivity (Wildman–Crippen MR) is 103 cm³/mol. The minimum absolute atomic E-state index is 0.119. The molecular formula is C20H32N4O2. The fourth-order valence-electron chi connectivity index (χ4n) is 4.03. The molecule has 0 atom stereocenters. The number of Topliss-reactive ketones (excluding diaryl/α,β-unsaturated/α-hetero) is 1. The maximum Gasteiger partial charge on any atom is 0.320 e. The lowest BCUT2D eigenvalue weighted by Crippen LogP contribution is -2.53. The number of ketones is 1. The largest absolute Gasteiger partial charge is 0.345 e. The van der Waals surface area contributed by atoms with Crippen molar-refractivity contribution in [1.29, 1.82) is 0 Å². The Morgan fingerprint density at radius 3 is 2.23 bits per heavy atom. The third-order valence-electron chi connectivity index (χ3n) is 5.74. The Labute approximate surface area is 156 Å². The second kappa shape index (κ2) is 7.82. The van der Waals surface area contributed by atoms with Crippen LogP contribution in [-0.2, 0) is 0 Å². The maximum atomic E-state index is 12.8. The van der Waals surface area contributed by atoms with Gasteiger partial charge in [-0.25, -0.2) is 4.79 Å². The van der Waals surface area contributed by atoms with Gasteiger partial charge in [-0.2, -0.15) is 0 Å². The molecule has 1 aliphatic carbocycles. The van der Waals surface area contributed by atoms with E-state index in [0.29, 0.717) is 25.7 Å². The van der Waals surface area contributed by atoms with E-state index in [2.05, 4.69) is 29.4 Å². The molecule has 0 N–H and O–H groups in total. The van der Waals surface area contributed by atoms with E-state index in [1.54, 1.807) is 0 Å². The van der Waals surface area contributed by atoms with Gasteiger partial charge in [-0.15, -0.1) is 0 Å². The highest BCUT2D eigenvalue weighted by Crippen LogP contribution is 2.38. The number of nitrogens with zero attached hydrogens (tertiary/aromatic N) is 4. The molecule has 6 nitrogen and oxygen atoms in total. The summed E-state index contributed by atoms with van der Waals surface area (Å²) in [6, 6.07) is 2.77. The van der Waals surface area contributed by atoms with Crippen LogP contribution in [0.1, 0.15) is 54.5 Å².